The summed E-state index contributed by atoms with van der Waals surface area (Å²) in [6, 6.07) is 9.70. The number of hydrogen-bond acceptors (Lipinski definition) is 0. The number of rotatable bonds is 30. The van der Waals surface area contributed by atoms with Crippen LogP contribution in [0.3, 0.4) is 0 Å². The van der Waals surface area contributed by atoms with E-state index in [1.54, 1.807) is 15.8 Å². The summed E-state index contributed by atoms with van der Waals surface area (Å²) >= 11 is 1.99. The average Bonchev–Trinajstić information content (AvgIpc) is 3.53. The zero-order valence-electron chi connectivity index (χ0n) is 38.4. The predicted octanol–water partition coefficient (Wildman–Crippen LogP) is 17.6. The number of unbranched alkanes of at least 4 members (excludes halogenated alkanes) is 10. The summed E-state index contributed by atoms with van der Waals surface area (Å²) in [6.45, 7) is 20.6. The van der Waals surface area contributed by atoms with Gasteiger partial charge in [-0.05, 0) is 128 Å². The molecule has 1 aliphatic heterocycles. The third-order valence-electron chi connectivity index (χ3n) is 11.4. The van der Waals surface area contributed by atoms with E-state index in [-0.39, 0.29) is 0 Å². The van der Waals surface area contributed by atoms with E-state index < -0.39 is 0 Å². The molecule has 0 aliphatic carbocycles. The summed E-state index contributed by atoms with van der Waals surface area (Å²) < 4.78 is 1.57. The van der Waals surface area contributed by atoms with Gasteiger partial charge in [0.15, 0.2) is 0 Å². The third kappa shape index (κ3) is 17.1. The minimum atomic E-state index is 0.958. The summed E-state index contributed by atoms with van der Waals surface area (Å²) in [5.41, 5.74) is 26.9. The van der Waals surface area contributed by atoms with Crippen molar-refractivity contribution >= 4 is 11.4 Å². The fourth-order valence-corrected chi connectivity index (χ4v) is 9.40. The van der Waals surface area contributed by atoms with E-state index in [1.807, 2.05) is 14.4 Å². The van der Waals surface area contributed by atoms with Crippen LogP contribution in [0.2, 0.25) is 10.8 Å². The Bertz CT molecular complexity index is 1380. The Hall–Kier alpha value is -1.99. The summed E-state index contributed by atoms with van der Waals surface area (Å²) in [5, 5.41) is 2.83. The van der Waals surface area contributed by atoms with Crippen molar-refractivity contribution in [3.05, 3.63) is 86.0 Å². The first-order valence-electron chi connectivity index (χ1n) is 24.1. The second kappa shape index (κ2) is 31.0. The molecule has 56 heavy (non-hydrogen) atoms. The molecule has 0 saturated heterocycles. The molecule has 0 bridgehead atoms. The molecule has 0 amide bonds. The molecule has 1 aliphatic rings. The van der Waals surface area contributed by atoms with Gasteiger partial charge in [0.25, 0.3) is 0 Å². The topological polar surface area (TPSA) is 25.3 Å². The second-order valence-electron chi connectivity index (χ2n) is 16.5. The molecular weight excluding hydrogens is 723 g/mol. The van der Waals surface area contributed by atoms with Crippen LogP contribution < -0.4 is 0 Å². The van der Waals surface area contributed by atoms with Gasteiger partial charge in [0.2, 0.25) is 11.4 Å². The van der Waals surface area contributed by atoms with E-state index >= 15 is 0 Å². The monoisotopic (exact) mass is 811 g/mol. The van der Waals surface area contributed by atoms with Crippen LogP contribution in [0.15, 0.2) is 35.9 Å². The molecule has 3 heteroatoms. The molecule has 320 valence electrons. The van der Waals surface area contributed by atoms with E-state index in [0.717, 1.165) is 75.6 Å². The van der Waals surface area contributed by atoms with E-state index in [0.29, 0.717) is 0 Å². The van der Waals surface area contributed by atoms with E-state index in [1.165, 1.54) is 152 Å². The quantitative estimate of drug-likeness (QED) is 0.0427. The van der Waals surface area contributed by atoms with Gasteiger partial charge in [-0.1, -0.05) is 93.4 Å². The zero-order valence-corrected chi connectivity index (χ0v) is 39.4. The molecule has 0 spiro atoms. The molecule has 1 heterocycles. The number of benzene rings is 2. The van der Waals surface area contributed by atoms with Crippen molar-refractivity contribution in [2.24, 2.45) is 0 Å². The van der Waals surface area contributed by atoms with Crippen LogP contribution in [-0.2, 0) is 53.0 Å². The Kier molecular flexibility index (Phi) is 27.8. The van der Waals surface area contributed by atoms with Crippen molar-refractivity contribution in [2.75, 3.05) is 0 Å². The Morgan fingerprint density at radius 2 is 0.821 bits per heavy atom. The molecule has 2 aromatic carbocycles. The number of aryl methyl sites for hydroxylation is 4. The summed E-state index contributed by atoms with van der Waals surface area (Å²) in [6.07, 6.45) is 34.5. The molecule has 0 radical (unpaired) electrons. The van der Waals surface area contributed by atoms with Crippen molar-refractivity contribution in [1.82, 2.24) is 0 Å². The number of allylic oxidation sites excluding steroid dienone is 2. The second-order valence-corrected chi connectivity index (χ2v) is 18.0. The molecule has 0 aromatic heterocycles. The van der Waals surface area contributed by atoms with Crippen LogP contribution in [0, 0.1) is 0 Å². The van der Waals surface area contributed by atoms with Crippen LogP contribution >= 0.6 is 0 Å². The van der Waals surface area contributed by atoms with Crippen LogP contribution in [0.25, 0.3) is 16.9 Å². The molecule has 3 rings (SSSR count). The van der Waals surface area contributed by atoms with Crippen molar-refractivity contribution < 1.29 is 19.1 Å². The number of nitrogens with zero attached hydrogens (tertiary/aromatic N) is 2. The van der Waals surface area contributed by atoms with Crippen molar-refractivity contribution in [3.63, 3.8) is 0 Å². The maximum atomic E-state index is 12.1. The van der Waals surface area contributed by atoms with Gasteiger partial charge >= 0.3 is 90.4 Å². The summed E-state index contributed by atoms with van der Waals surface area (Å²) in [5.74, 6) is 0. The van der Waals surface area contributed by atoms with E-state index in [2.05, 4.69) is 92.7 Å². The van der Waals surface area contributed by atoms with E-state index in [9.17, 15) is 5.53 Å². The van der Waals surface area contributed by atoms with Gasteiger partial charge in [0.05, 0.1) is 0 Å². The maximum absolute atomic E-state index is 12.1. The van der Waals surface area contributed by atoms with Crippen LogP contribution in [-0.4, -0.2) is 4.70 Å². The first-order valence-corrected chi connectivity index (χ1v) is 25.5. The molecule has 0 N–H and O–H groups in total. The van der Waals surface area contributed by atoms with E-state index in [4.69, 9.17) is 0 Å². The first-order chi connectivity index (χ1) is 27.4. The van der Waals surface area contributed by atoms with Gasteiger partial charge in [-0.15, -0.1) is 0 Å². The fraction of sp³-hybridized carbons (Fsp3) is 0.698. The van der Waals surface area contributed by atoms with Crippen LogP contribution in [0.4, 0.5) is 0 Å². The van der Waals surface area contributed by atoms with Crippen LogP contribution in [0.5, 0.6) is 0 Å². The molecular formula is C53H88N2Ni. The van der Waals surface area contributed by atoms with Crippen molar-refractivity contribution in [3.8, 4) is 0 Å². The Balaban J connectivity index is 0.000000711. The molecule has 0 atom stereocenters. The van der Waals surface area contributed by atoms with Gasteiger partial charge in [0, 0.05) is 22.8 Å². The van der Waals surface area contributed by atoms with Gasteiger partial charge in [-0.3, -0.25) is 0 Å². The first kappa shape index (κ1) is 50.2. The fourth-order valence-electron chi connectivity index (χ4n) is 8.16. The Morgan fingerprint density at radius 1 is 0.411 bits per heavy atom. The van der Waals surface area contributed by atoms with Crippen LogP contribution in [0.1, 0.15) is 235 Å². The summed E-state index contributed by atoms with van der Waals surface area (Å²) in [4.78, 5) is 0. The van der Waals surface area contributed by atoms with Gasteiger partial charge in [-0.25, -0.2) is 4.70 Å². The Labute approximate surface area is 354 Å². The molecule has 0 fully saturated rings. The number of hydrogen-bond donors (Lipinski definition) is 0. The van der Waals surface area contributed by atoms with Gasteiger partial charge in [0.1, 0.15) is 0 Å². The molecule has 2 nitrogen and oxygen atoms in total. The molecule has 0 saturated carbocycles. The van der Waals surface area contributed by atoms with Crippen molar-refractivity contribution in [2.45, 2.75) is 240 Å². The third-order valence-corrected chi connectivity index (χ3v) is 12.8. The minimum absolute atomic E-state index is 0.958. The van der Waals surface area contributed by atoms with Gasteiger partial charge < -0.3 is 5.53 Å². The van der Waals surface area contributed by atoms with Crippen molar-refractivity contribution in [1.29, 1.82) is 0 Å². The Morgan fingerprint density at radius 3 is 1.29 bits per heavy atom. The SMILES string of the molecule is CCCCC1=C(c2cc(CCCC)c(CCCC)c(CCCC)c2)[N+](=[N-])C(c2cc(CCC)c(CCC)c(CCC)c2)=C1.CCCCC[CH2][Ni][CH2]CCCCC. The van der Waals surface area contributed by atoms with Gasteiger partial charge in [-0.2, -0.15) is 0 Å². The normalized spacial score (nSPS) is 12.8. The zero-order chi connectivity index (χ0) is 41.0. The molecule has 2 aromatic rings. The summed E-state index contributed by atoms with van der Waals surface area (Å²) in [7, 11) is 0. The molecule has 0 unspecified atom stereocenters. The predicted molar refractivity (Wildman–Crippen MR) is 247 cm³/mol. The standard InChI is InChI=1S/C41H62N2.2C6H13.Ni/c1-8-15-22-33-28-37(29-34(23-16-9-2)39(33)25-18-11-4)41-35(24-17-10-3)30-40(43(41)42)36-26-31(19-12-5)38(21-14-7)32(27-36)20-13-6;2*1-3-5-6-4-2;/h26-30H,8-25H2,1-7H3;2*1,3-6H2,2H3;. The average molecular weight is 812 g/mol.